The second kappa shape index (κ2) is 10.2. The Hall–Kier alpha value is -4.92. The molecule has 9 heteroatoms. The lowest BCUT2D eigenvalue weighted by Crippen LogP contribution is -2.25. The molecule has 0 aliphatic rings. The number of benzene rings is 3. The van der Waals surface area contributed by atoms with Gasteiger partial charge in [-0.2, -0.15) is 4.98 Å². The Kier molecular flexibility index (Phi) is 6.66. The van der Waals surface area contributed by atoms with Gasteiger partial charge in [0.25, 0.3) is 0 Å². The maximum Gasteiger partial charge on any atom is 0.355 e. The minimum atomic E-state index is -1.07. The maximum absolute atomic E-state index is 14.0. The van der Waals surface area contributed by atoms with Gasteiger partial charge in [0.1, 0.15) is 5.82 Å². The number of para-hydroxylation sites is 1. The highest BCUT2D eigenvalue weighted by Gasteiger charge is 2.26. The van der Waals surface area contributed by atoms with Crippen molar-refractivity contribution in [3.05, 3.63) is 112 Å². The smallest absolute Gasteiger partial charge is 0.355 e. The van der Waals surface area contributed by atoms with Crippen LogP contribution in [0.4, 0.5) is 20.3 Å². The van der Waals surface area contributed by atoms with Crippen molar-refractivity contribution in [2.75, 3.05) is 11.9 Å². The molecule has 190 valence electrons. The fraction of sp³-hybridized carbons (Fsp3) is 0.103. The van der Waals surface area contributed by atoms with Crippen molar-refractivity contribution in [2.45, 2.75) is 13.8 Å². The van der Waals surface area contributed by atoms with E-state index in [9.17, 15) is 18.4 Å². The molecule has 0 bridgehead atoms. The van der Waals surface area contributed by atoms with Crippen LogP contribution in [0.15, 0.2) is 83.7 Å². The van der Waals surface area contributed by atoms with Gasteiger partial charge in [0.05, 0.1) is 28.9 Å². The molecule has 5 aromatic rings. The predicted octanol–water partition coefficient (Wildman–Crippen LogP) is 5.95. The third kappa shape index (κ3) is 4.50. The van der Waals surface area contributed by atoms with Crippen molar-refractivity contribution in [1.82, 2.24) is 14.5 Å². The second-order valence-corrected chi connectivity index (χ2v) is 8.40. The highest BCUT2D eigenvalue weighted by Crippen LogP contribution is 2.38. The van der Waals surface area contributed by atoms with Crippen molar-refractivity contribution in [1.29, 1.82) is 0 Å². The third-order valence-electron chi connectivity index (χ3n) is 5.95. The van der Waals surface area contributed by atoms with Gasteiger partial charge in [-0.15, -0.1) is 0 Å². The number of halogens is 2. The highest BCUT2D eigenvalue weighted by atomic mass is 19.2. The number of rotatable bonds is 6. The number of nitrogens with one attached hydrogen (secondary N) is 1. The SMILES string of the molecule is CCOC(=O)c1c(C)nc2c(c(Nc3ccc(F)c(F)c3)nc(=O)n2-c2ccccc2)c1-c1ccccc1. The van der Waals surface area contributed by atoms with E-state index in [4.69, 9.17) is 4.74 Å². The van der Waals surface area contributed by atoms with Crippen LogP contribution in [0.25, 0.3) is 27.8 Å². The van der Waals surface area contributed by atoms with E-state index in [2.05, 4.69) is 15.3 Å². The Morgan fingerprint density at radius 2 is 1.63 bits per heavy atom. The van der Waals surface area contributed by atoms with Gasteiger partial charge in [-0.3, -0.25) is 0 Å². The van der Waals surface area contributed by atoms with E-state index >= 15 is 0 Å². The van der Waals surface area contributed by atoms with Crippen LogP contribution in [0.1, 0.15) is 23.0 Å². The molecular weight excluding hydrogens is 490 g/mol. The maximum atomic E-state index is 14.0. The van der Waals surface area contributed by atoms with Gasteiger partial charge in [0.15, 0.2) is 17.3 Å². The summed E-state index contributed by atoms with van der Waals surface area (Å²) in [5.74, 6) is -2.64. The quantitative estimate of drug-likeness (QED) is 0.283. The summed E-state index contributed by atoms with van der Waals surface area (Å²) in [7, 11) is 0. The topological polar surface area (TPSA) is 86.1 Å². The molecule has 0 unspecified atom stereocenters. The van der Waals surface area contributed by atoms with Crippen LogP contribution in [0.2, 0.25) is 0 Å². The van der Waals surface area contributed by atoms with Crippen LogP contribution in [0, 0.1) is 18.6 Å². The van der Waals surface area contributed by atoms with Crippen molar-refractivity contribution >= 4 is 28.5 Å². The summed E-state index contributed by atoms with van der Waals surface area (Å²) in [6.45, 7) is 3.52. The molecule has 0 saturated heterocycles. The molecule has 1 N–H and O–H groups in total. The molecule has 5 rings (SSSR count). The first kappa shape index (κ1) is 24.8. The Morgan fingerprint density at radius 1 is 0.947 bits per heavy atom. The van der Waals surface area contributed by atoms with Crippen LogP contribution in [-0.2, 0) is 4.74 Å². The van der Waals surface area contributed by atoms with Gasteiger partial charge in [0, 0.05) is 17.3 Å². The zero-order valence-corrected chi connectivity index (χ0v) is 20.5. The van der Waals surface area contributed by atoms with E-state index in [0.717, 1.165) is 12.1 Å². The van der Waals surface area contributed by atoms with Crippen molar-refractivity contribution in [3.63, 3.8) is 0 Å². The Morgan fingerprint density at radius 3 is 2.29 bits per heavy atom. The number of carbonyl (C=O) groups is 1. The number of anilines is 2. The number of hydrogen-bond acceptors (Lipinski definition) is 6. The first-order chi connectivity index (χ1) is 18.4. The molecule has 0 radical (unpaired) electrons. The number of pyridine rings is 1. The van der Waals surface area contributed by atoms with Crippen LogP contribution in [0.3, 0.4) is 0 Å². The molecule has 2 heterocycles. The van der Waals surface area contributed by atoms with Gasteiger partial charge in [-0.25, -0.2) is 27.9 Å². The number of hydrogen-bond donors (Lipinski definition) is 1. The zero-order chi connectivity index (χ0) is 26.8. The summed E-state index contributed by atoms with van der Waals surface area (Å²) in [6, 6.07) is 21.2. The van der Waals surface area contributed by atoms with E-state index in [0.29, 0.717) is 27.9 Å². The Labute approximate surface area is 216 Å². The molecule has 7 nitrogen and oxygen atoms in total. The summed E-state index contributed by atoms with van der Waals surface area (Å²) >= 11 is 0. The molecule has 0 aliphatic heterocycles. The molecule has 0 amide bonds. The normalized spacial score (nSPS) is 10.9. The number of carbonyl (C=O) groups excluding carboxylic acids is 1. The van der Waals surface area contributed by atoms with E-state index < -0.39 is 23.3 Å². The highest BCUT2D eigenvalue weighted by molar-refractivity contribution is 6.11. The summed E-state index contributed by atoms with van der Waals surface area (Å²) in [4.78, 5) is 35.6. The molecule has 2 aromatic heterocycles. The monoisotopic (exact) mass is 512 g/mol. The van der Waals surface area contributed by atoms with E-state index in [1.165, 1.54) is 10.6 Å². The fourth-order valence-corrected chi connectivity index (χ4v) is 4.32. The first-order valence-corrected chi connectivity index (χ1v) is 11.9. The average Bonchev–Trinajstić information content (AvgIpc) is 2.91. The van der Waals surface area contributed by atoms with Crippen molar-refractivity contribution in [2.24, 2.45) is 0 Å². The molecule has 0 spiro atoms. The standard InChI is InChI=1S/C29H22F2N4O3/c1-3-38-28(36)23-17(2)32-27-25(24(23)18-10-6-4-7-11-18)26(33-19-14-15-21(30)22(31)16-19)34-29(37)35(27)20-12-8-5-9-13-20/h4-16H,3H2,1-2H3,(H,33,34,37). The molecule has 0 saturated carbocycles. The van der Waals surface area contributed by atoms with Gasteiger partial charge >= 0.3 is 11.7 Å². The number of aryl methyl sites for hydroxylation is 1. The summed E-state index contributed by atoms with van der Waals surface area (Å²) in [5.41, 5.74) is 1.90. The summed E-state index contributed by atoms with van der Waals surface area (Å²) in [6.07, 6.45) is 0. The van der Waals surface area contributed by atoms with E-state index in [1.807, 2.05) is 36.4 Å². The van der Waals surface area contributed by atoms with E-state index in [1.54, 1.807) is 38.1 Å². The molecule has 0 atom stereocenters. The lowest BCUT2D eigenvalue weighted by Gasteiger charge is -2.20. The summed E-state index contributed by atoms with van der Waals surface area (Å²) < 4.78 is 34.4. The van der Waals surface area contributed by atoms with Gasteiger partial charge < -0.3 is 10.1 Å². The largest absolute Gasteiger partial charge is 0.462 e. The minimum Gasteiger partial charge on any atom is -0.462 e. The number of esters is 1. The second-order valence-electron chi connectivity index (χ2n) is 8.40. The predicted molar refractivity (Wildman–Crippen MR) is 141 cm³/mol. The van der Waals surface area contributed by atoms with Crippen molar-refractivity contribution < 1.29 is 18.3 Å². The van der Waals surface area contributed by atoms with Crippen LogP contribution >= 0.6 is 0 Å². The average molecular weight is 513 g/mol. The number of fused-ring (bicyclic) bond motifs is 1. The number of nitrogens with zero attached hydrogens (tertiary/aromatic N) is 3. The molecule has 0 fully saturated rings. The van der Waals surface area contributed by atoms with E-state index in [-0.39, 0.29) is 29.3 Å². The van der Waals surface area contributed by atoms with Crippen LogP contribution in [0.5, 0.6) is 0 Å². The molecule has 3 aromatic carbocycles. The number of ether oxygens (including phenoxy) is 1. The van der Waals surface area contributed by atoms with Crippen molar-refractivity contribution in [3.8, 4) is 16.8 Å². The van der Waals surface area contributed by atoms with Gasteiger partial charge in [-0.1, -0.05) is 48.5 Å². The zero-order valence-electron chi connectivity index (χ0n) is 20.5. The lowest BCUT2D eigenvalue weighted by molar-refractivity contribution is 0.0526. The van der Waals surface area contributed by atoms with Crippen LogP contribution in [-0.4, -0.2) is 27.1 Å². The minimum absolute atomic E-state index is 0.0279. The lowest BCUT2D eigenvalue weighted by atomic mass is 9.95. The first-order valence-electron chi connectivity index (χ1n) is 11.9. The third-order valence-corrected chi connectivity index (χ3v) is 5.95. The Bertz CT molecular complexity index is 1720. The summed E-state index contributed by atoms with van der Waals surface area (Å²) in [5, 5.41) is 3.27. The molecular formula is C29H22F2N4O3. The Balaban J connectivity index is 1.93. The molecule has 0 aliphatic carbocycles. The van der Waals surface area contributed by atoms with Crippen LogP contribution < -0.4 is 11.0 Å². The fourth-order valence-electron chi connectivity index (χ4n) is 4.32. The molecule has 38 heavy (non-hydrogen) atoms. The number of aromatic nitrogens is 3. The van der Waals surface area contributed by atoms with Gasteiger partial charge in [0.2, 0.25) is 0 Å². The van der Waals surface area contributed by atoms with Gasteiger partial charge in [-0.05, 0) is 43.7 Å².